The fraction of sp³-hybridized carbons (Fsp3) is 0.143. The predicted molar refractivity (Wildman–Crippen MR) is 84.8 cm³/mol. The van der Waals surface area contributed by atoms with Crippen LogP contribution in [0.5, 0.6) is 0 Å². The zero-order chi connectivity index (χ0) is 18.0. The SMILES string of the molecule is O=C([O-])C[C@H](C(=O)[O-])N1C(=O)/C(=C/c2c(F)cccc2Cl)SC1=S. The molecule has 2 rings (SSSR count). The molecule has 0 saturated carbocycles. The molecule has 1 amide bonds. The molecule has 1 atom stereocenters. The van der Waals surface area contributed by atoms with Crippen molar-refractivity contribution in [2.24, 2.45) is 0 Å². The quantitative estimate of drug-likeness (QED) is 0.515. The van der Waals surface area contributed by atoms with Gasteiger partial charge in [0.05, 0.1) is 21.9 Å². The van der Waals surface area contributed by atoms with Crippen LogP contribution in [0.2, 0.25) is 5.02 Å². The highest BCUT2D eigenvalue weighted by Gasteiger charge is 2.38. The molecule has 1 heterocycles. The van der Waals surface area contributed by atoms with E-state index in [-0.39, 0.29) is 19.8 Å². The first-order chi connectivity index (χ1) is 11.2. The molecular weight excluding hydrogens is 381 g/mol. The highest BCUT2D eigenvalue weighted by atomic mass is 35.5. The number of hydrogen-bond donors (Lipinski definition) is 0. The van der Waals surface area contributed by atoms with Crippen molar-refractivity contribution in [2.75, 3.05) is 0 Å². The summed E-state index contributed by atoms with van der Waals surface area (Å²) in [5.74, 6) is -5.03. The summed E-state index contributed by atoms with van der Waals surface area (Å²) in [7, 11) is 0. The van der Waals surface area contributed by atoms with Crippen molar-refractivity contribution in [3.8, 4) is 0 Å². The molecule has 0 bridgehead atoms. The second kappa shape index (κ2) is 7.29. The largest absolute Gasteiger partial charge is 0.550 e. The van der Waals surface area contributed by atoms with Gasteiger partial charge >= 0.3 is 0 Å². The molecule has 10 heteroatoms. The molecule has 0 aliphatic carbocycles. The molecule has 24 heavy (non-hydrogen) atoms. The highest BCUT2D eigenvalue weighted by Crippen LogP contribution is 2.36. The minimum Gasteiger partial charge on any atom is -0.550 e. The van der Waals surface area contributed by atoms with Crippen LogP contribution in [0.25, 0.3) is 6.08 Å². The fourth-order valence-electron chi connectivity index (χ4n) is 1.97. The Kier molecular flexibility index (Phi) is 5.58. The van der Waals surface area contributed by atoms with Crippen molar-refractivity contribution in [3.63, 3.8) is 0 Å². The maximum Gasteiger partial charge on any atom is 0.266 e. The molecule has 6 nitrogen and oxygen atoms in total. The molecule has 1 fully saturated rings. The molecule has 0 radical (unpaired) electrons. The van der Waals surface area contributed by atoms with Gasteiger partial charge in [-0.25, -0.2) is 4.39 Å². The minimum absolute atomic E-state index is 0.0476. The number of carbonyl (C=O) groups is 3. The third-order valence-corrected chi connectivity index (χ3v) is 4.70. The number of hydrogen-bond acceptors (Lipinski definition) is 7. The molecule has 1 saturated heterocycles. The molecular formula is C14H7ClFNO5S2-2. The van der Waals surface area contributed by atoms with Gasteiger partial charge in [-0.15, -0.1) is 0 Å². The molecule has 1 aliphatic heterocycles. The third kappa shape index (κ3) is 3.74. The Morgan fingerprint density at radius 3 is 2.62 bits per heavy atom. The lowest BCUT2D eigenvalue weighted by molar-refractivity contribution is -0.319. The zero-order valence-electron chi connectivity index (χ0n) is 11.7. The Morgan fingerprint density at radius 2 is 2.08 bits per heavy atom. The predicted octanol–water partition coefficient (Wildman–Crippen LogP) is -0.0612. The Hall–Kier alpha value is -1.97. The molecule has 1 aromatic carbocycles. The lowest BCUT2D eigenvalue weighted by Crippen LogP contribution is -2.52. The molecule has 1 aromatic rings. The number of halogens is 2. The second-order valence-corrected chi connectivity index (χ2v) is 6.68. The van der Waals surface area contributed by atoms with E-state index >= 15 is 0 Å². The summed E-state index contributed by atoms with van der Waals surface area (Å²) in [4.78, 5) is 34.7. The molecule has 0 spiro atoms. The standard InChI is InChI=1S/C14H9ClFNO5S2/c15-7-2-1-3-8(16)6(7)4-10-12(20)17(14(23)24-10)9(13(21)22)5-11(18)19/h1-4,9H,5H2,(H,18,19)(H,21,22)/p-2/b10-4-/t9-/m1/s1. The van der Waals surface area contributed by atoms with Gasteiger partial charge in [-0.3, -0.25) is 9.69 Å². The summed E-state index contributed by atoms with van der Waals surface area (Å²) >= 11 is 11.5. The summed E-state index contributed by atoms with van der Waals surface area (Å²) in [6, 6.07) is 2.12. The monoisotopic (exact) mass is 387 g/mol. The Labute approximate surface area is 149 Å². The summed E-state index contributed by atoms with van der Waals surface area (Å²) in [6.07, 6.45) is 0.144. The maximum atomic E-state index is 13.8. The maximum absolute atomic E-state index is 13.8. The van der Waals surface area contributed by atoms with Crippen LogP contribution < -0.4 is 10.2 Å². The Morgan fingerprint density at radius 1 is 1.42 bits per heavy atom. The van der Waals surface area contributed by atoms with E-state index in [0.717, 1.165) is 12.1 Å². The molecule has 126 valence electrons. The van der Waals surface area contributed by atoms with Crippen LogP contribution in [0.4, 0.5) is 4.39 Å². The molecule has 1 aliphatic rings. The van der Waals surface area contributed by atoms with Crippen molar-refractivity contribution < 1.29 is 29.0 Å². The number of thioether (sulfide) groups is 1. The lowest BCUT2D eigenvalue weighted by atomic mass is 10.1. The minimum atomic E-state index is -1.82. The van der Waals surface area contributed by atoms with Crippen molar-refractivity contribution in [1.29, 1.82) is 0 Å². The van der Waals surface area contributed by atoms with E-state index in [2.05, 4.69) is 0 Å². The van der Waals surface area contributed by atoms with Crippen molar-refractivity contribution in [1.82, 2.24) is 4.90 Å². The van der Waals surface area contributed by atoms with Crippen LogP contribution in [0.3, 0.4) is 0 Å². The van der Waals surface area contributed by atoms with E-state index in [1.165, 1.54) is 12.1 Å². The van der Waals surface area contributed by atoms with Gasteiger partial charge in [0.1, 0.15) is 10.1 Å². The number of rotatable bonds is 5. The van der Waals surface area contributed by atoms with E-state index in [0.29, 0.717) is 16.7 Å². The lowest BCUT2D eigenvalue weighted by Gasteiger charge is -2.27. The number of carboxylic acids is 2. The normalized spacial score (nSPS) is 17.4. The number of amides is 1. The number of aliphatic carboxylic acids is 2. The molecule has 0 aromatic heterocycles. The van der Waals surface area contributed by atoms with Gasteiger partial charge in [0.2, 0.25) is 0 Å². The van der Waals surface area contributed by atoms with Crippen LogP contribution in [-0.4, -0.2) is 33.1 Å². The first-order valence-electron chi connectivity index (χ1n) is 6.34. The van der Waals surface area contributed by atoms with E-state index in [9.17, 15) is 29.0 Å². The van der Waals surface area contributed by atoms with E-state index in [1.807, 2.05) is 0 Å². The Bertz CT molecular complexity index is 762. The summed E-state index contributed by atoms with van der Waals surface area (Å²) in [5, 5.41) is 21.8. The zero-order valence-corrected chi connectivity index (χ0v) is 14.0. The summed E-state index contributed by atoms with van der Waals surface area (Å²) in [6.45, 7) is 0. The van der Waals surface area contributed by atoms with E-state index < -0.39 is 36.1 Å². The average molecular weight is 388 g/mol. The van der Waals surface area contributed by atoms with Crippen LogP contribution in [-0.2, 0) is 14.4 Å². The van der Waals surface area contributed by atoms with Gasteiger partial charge in [0.25, 0.3) is 5.91 Å². The summed E-state index contributed by atoms with van der Waals surface area (Å²) in [5.41, 5.74) is -0.0652. The first-order valence-corrected chi connectivity index (χ1v) is 7.94. The topological polar surface area (TPSA) is 101 Å². The number of carboxylic acid groups (broad SMARTS) is 2. The number of carbonyl (C=O) groups excluding carboxylic acids is 3. The molecule has 0 unspecified atom stereocenters. The van der Waals surface area contributed by atoms with E-state index in [4.69, 9.17) is 23.8 Å². The van der Waals surface area contributed by atoms with Gasteiger partial charge in [-0.05, 0) is 18.2 Å². The van der Waals surface area contributed by atoms with Gasteiger partial charge in [0, 0.05) is 18.0 Å². The van der Waals surface area contributed by atoms with Crippen LogP contribution in [0.1, 0.15) is 12.0 Å². The van der Waals surface area contributed by atoms with Crippen molar-refractivity contribution >= 4 is 63.8 Å². The van der Waals surface area contributed by atoms with Gasteiger partial charge < -0.3 is 19.8 Å². The van der Waals surface area contributed by atoms with Gasteiger partial charge in [-0.1, -0.05) is 41.6 Å². The number of benzene rings is 1. The third-order valence-electron chi connectivity index (χ3n) is 3.04. The van der Waals surface area contributed by atoms with Crippen molar-refractivity contribution in [2.45, 2.75) is 12.5 Å². The summed E-state index contributed by atoms with van der Waals surface area (Å²) < 4.78 is 13.6. The second-order valence-electron chi connectivity index (χ2n) is 4.60. The number of thiocarbonyl (C=S) groups is 1. The van der Waals surface area contributed by atoms with Crippen LogP contribution in [0.15, 0.2) is 23.1 Å². The van der Waals surface area contributed by atoms with Gasteiger partial charge in [0.15, 0.2) is 0 Å². The average Bonchev–Trinajstić information content (AvgIpc) is 2.75. The number of nitrogens with zero attached hydrogens (tertiary/aromatic N) is 1. The van der Waals surface area contributed by atoms with E-state index in [1.54, 1.807) is 0 Å². The highest BCUT2D eigenvalue weighted by molar-refractivity contribution is 8.26. The Balaban J connectivity index is 2.39. The van der Waals surface area contributed by atoms with Gasteiger partial charge in [-0.2, -0.15) is 0 Å². The smallest absolute Gasteiger partial charge is 0.266 e. The van der Waals surface area contributed by atoms with Crippen LogP contribution >= 0.6 is 35.6 Å². The fourth-order valence-corrected chi connectivity index (χ4v) is 3.52. The van der Waals surface area contributed by atoms with Crippen LogP contribution in [0, 0.1) is 5.82 Å². The van der Waals surface area contributed by atoms with Crippen molar-refractivity contribution in [3.05, 3.63) is 39.5 Å². The molecule has 0 N–H and O–H groups in total. The first kappa shape index (κ1) is 18.4.